The van der Waals surface area contributed by atoms with E-state index in [2.05, 4.69) is 27.5 Å². The first-order valence-corrected chi connectivity index (χ1v) is 9.03. The number of nitrogens with one attached hydrogen (secondary N) is 2. The van der Waals surface area contributed by atoms with E-state index >= 15 is 0 Å². The number of anilines is 3. The summed E-state index contributed by atoms with van der Waals surface area (Å²) in [5.74, 6) is -1.47. The zero-order valence-electron chi connectivity index (χ0n) is 15.3. The molecule has 27 heavy (non-hydrogen) atoms. The van der Waals surface area contributed by atoms with E-state index in [1.54, 1.807) is 0 Å². The fourth-order valence-corrected chi connectivity index (χ4v) is 2.99. The van der Waals surface area contributed by atoms with Crippen LogP contribution in [-0.2, 0) is 4.79 Å². The summed E-state index contributed by atoms with van der Waals surface area (Å²) in [4.78, 5) is 16.7. The number of amides is 1. The maximum atomic E-state index is 13.5. The largest absolute Gasteiger partial charge is 0.382 e. The molecule has 1 aliphatic rings. The van der Waals surface area contributed by atoms with E-state index in [-0.39, 0.29) is 24.6 Å². The Labute approximate surface area is 158 Å². The monoisotopic (exact) mass is 374 g/mol. The summed E-state index contributed by atoms with van der Waals surface area (Å²) in [5, 5.41) is 5.63. The van der Waals surface area contributed by atoms with Crippen molar-refractivity contribution in [3.63, 3.8) is 0 Å². The first kappa shape index (κ1) is 19.1. The van der Waals surface area contributed by atoms with Gasteiger partial charge >= 0.3 is 0 Å². The van der Waals surface area contributed by atoms with Gasteiger partial charge in [-0.1, -0.05) is 0 Å². The van der Waals surface area contributed by atoms with Crippen LogP contribution >= 0.6 is 0 Å². The van der Waals surface area contributed by atoms with Crippen LogP contribution in [0.15, 0.2) is 42.5 Å². The van der Waals surface area contributed by atoms with Gasteiger partial charge in [-0.15, -0.1) is 0 Å². The first-order chi connectivity index (χ1) is 13.0. The Bertz CT molecular complexity index is 774. The van der Waals surface area contributed by atoms with Crippen LogP contribution in [0.2, 0.25) is 0 Å². The molecule has 2 aromatic carbocycles. The molecule has 0 aromatic heterocycles. The SMILES string of the molecule is CN1CCN(c2ccc(NC(=O)CCNc3ccc(F)cc3F)cc2)CC1. The number of likely N-dealkylation sites (N-methyl/N-ethyl adjacent to an activating group) is 1. The molecule has 1 aliphatic heterocycles. The zero-order valence-corrected chi connectivity index (χ0v) is 15.3. The van der Waals surface area contributed by atoms with Gasteiger partial charge in [0.25, 0.3) is 0 Å². The van der Waals surface area contributed by atoms with Crippen LogP contribution in [0.25, 0.3) is 0 Å². The molecule has 0 atom stereocenters. The lowest BCUT2D eigenvalue weighted by atomic mass is 10.2. The number of piperazine rings is 1. The summed E-state index contributed by atoms with van der Waals surface area (Å²) in [6.45, 7) is 4.33. The van der Waals surface area contributed by atoms with E-state index in [0.29, 0.717) is 0 Å². The Kier molecular flexibility index (Phi) is 6.24. The number of hydrogen-bond acceptors (Lipinski definition) is 4. The molecule has 2 N–H and O–H groups in total. The highest BCUT2D eigenvalue weighted by Gasteiger charge is 2.14. The third kappa shape index (κ3) is 5.40. The van der Waals surface area contributed by atoms with Crippen LogP contribution < -0.4 is 15.5 Å². The van der Waals surface area contributed by atoms with Gasteiger partial charge in [0.2, 0.25) is 5.91 Å². The van der Waals surface area contributed by atoms with Crippen molar-refractivity contribution in [3.05, 3.63) is 54.1 Å². The minimum Gasteiger partial charge on any atom is -0.382 e. The molecular formula is C20H24F2N4O. The second kappa shape index (κ2) is 8.81. The Balaban J connectivity index is 1.45. The molecule has 0 saturated carbocycles. The van der Waals surface area contributed by atoms with Crippen LogP contribution in [0.4, 0.5) is 25.8 Å². The highest BCUT2D eigenvalue weighted by molar-refractivity contribution is 5.91. The van der Waals surface area contributed by atoms with Gasteiger partial charge in [0.1, 0.15) is 11.6 Å². The van der Waals surface area contributed by atoms with E-state index in [0.717, 1.165) is 43.6 Å². The lowest BCUT2D eigenvalue weighted by Gasteiger charge is -2.34. The molecule has 1 saturated heterocycles. The molecule has 3 rings (SSSR count). The molecule has 0 spiro atoms. The van der Waals surface area contributed by atoms with Crippen LogP contribution in [0.3, 0.4) is 0 Å². The number of carbonyl (C=O) groups is 1. The molecule has 144 valence electrons. The van der Waals surface area contributed by atoms with E-state index < -0.39 is 11.6 Å². The number of halogens is 2. The van der Waals surface area contributed by atoms with Gasteiger partial charge in [-0.2, -0.15) is 0 Å². The molecule has 1 heterocycles. The van der Waals surface area contributed by atoms with Crippen LogP contribution in [0, 0.1) is 11.6 Å². The molecule has 0 radical (unpaired) electrons. The van der Waals surface area contributed by atoms with Crippen LogP contribution in [0.5, 0.6) is 0 Å². The maximum absolute atomic E-state index is 13.5. The van der Waals surface area contributed by atoms with Crippen molar-refractivity contribution in [2.45, 2.75) is 6.42 Å². The first-order valence-electron chi connectivity index (χ1n) is 9.03. The van der Waals surface area contributed by atoms with E-state index in [1.807, 2.05) is 24.3 Å². The number of nitrogens with zero attached hydrogens (tertiary/aromatic N) is 2. The van der Waals surface area contributed by atoms with Crippen molar-refractivity contribution < 1.29 is 13.6 Å². The molecular weight excluding hydrogens is 350 g/mol. The number of benzene rings is 2. The summed E-state index contributed by atoms with van der Waals surface area (Å²) in [5.41, 5.74) is 2.06. The highest BCUT2D eigenvalue weighted by Crippen LogP contribution is 2.19. The number of rotatable bonds is 6. The van der Waals surface area contributed by atoms with Crippen molar-refractivity contribution in [2.75, 3.05) is 55.3 Å². The fraction of sp³-hybridized carbons (Fsp3) is 0.350. The Morgan fingerprint density at radius 1 is 1.04 bits per heavy atom. The summed E-state index contributed by atoms with van der Waals surface area (Å²) in [6.07, 6.45) is 0.178. The van der Waals surface area contributed by atoms with Crippen LogP contribution in [0.1, 0.15) is 6.42 Å². The molecule has 5 nitrogen and oxygen atoms in total. The molecule has 7 heteroatoms. The lowest BCUT2D eigenvalue weighted by molar-refractivity contribution is -0.115. The standard InChI is InChI=1S/C20H24F2N4O/c1-25-10-12-26(13-11-25)17-5-3-16(4-6-17)24-20(27)8-9-23-19-7-2-15(21)14-18(19)22/h2-7,14,23H,8-13H2,1H3,(H,24,27). The number of carbonyl (C=O) groups excluding carboxylic acids is 1. The normalized spacial score (nSPS) is 14.9. The van der Waals surface area contributed by atoms with Crippen molar-refractivity contribution in [1.29, 1.82) is 0 Å². The summed E-state index contributed by atoms with van der Waals surface area (Å²) in [6, 6.07) is 11.1. The second-order valence-corrected chi connectivity index (χ2v) is 6.69. The van der Waals surface area contributed by atoms with Gasteiger partial charge < -0.3 is 20.4 Å². The predicted octanol–water partition coefficient (Wildman–Crippen LogP) is 3.16. The molecule has 0 bridgehead atoms. The van der Waals surface area contributed by atoms with Gasteiger partial charge in [-0.3, -0.25) is 4.79 Å². The fourth-order valence-electron chi connectivity index (χ4n) is 2.99. The Hall–Kier alpha value is -2.67. The minimum atomic E-state index is -0.671. The van der Waals surface area contributed by atoms with E-state index in [1.165, 1.54) is 12.1 Å². The van der Waals surface area contributed by atoms with E-state index in [9.17, 15) is 13.6 Å². The van der Waals surface area contributed by atoms with Crippen LogP contribution in [-0.4, -0.2) is 50.6 Å². The van der Waals surface area contributed by atoms with Gasteiger partial charge in [0.15, 0.2) is 0 Å². The minimum absolute atomic E-state index is 0.169. The quantitative estimate of drug-likeness (QED) is 0.816. The molecule has 0 aliphatic carbocycles. The third-order valence-corrected chi connectivity index (χ3v) is 4.62. The van der Waals surface area contributed by atoms with Crippen molar-refractivity contribution in [3.8, 4) is 0 Å². The highest BCUT2D eigenvalue weighted by atomic mass is 19.1. The second-order valence-electron chi connectivity index (χ2n) is 6.69. The molecule has 2 aromatic rings. The zero-order chi connectivity index (χ0) is 19.2. The van der Waals surface area contributed by atoms with E-state index in [4.69, 9.17) is 0 Å². The topological polar surface area (TPSA) is 47.6 Å². The predicted molar refractivity (Wildman–Crippen MR) is 104 cm³/mol. The average molecular weight is 374 g/mol. The molecule has 1 amide bonds. The summed E-state index contributed by atoms with van der Waals surface area (Å²) >= 11 is 0. The van der Waals surface area contributed by atoms with Gasteiger partial charge in [-0.05, 0) is 43.4 Å². The van der Waals surface area contributed by atoms with Gasteiger partial charge in [0, 0.05) is 56.6 Å². The van der Waals surface area contributed by atoms with Crippen molar-refractivity contribution in [1.82, 2.24) is 4.90 Å². The van der Waals surface area contributed by atoms with Crippen molar-refractivity contribution in [2.24, 2.45) is 0 Å². The summed E-state index contributed by atoms with van der Waals surface area (Å²) in [7, 11) is 2.12. The lowest BCUT2D eigenvalue weighted by Crippen LogP contribution is -2.44. The Morgan fingerprint density at radius 3 is 2.41 bits per heavy atom. The maximum Gasteiger partial charge on any atom is 0.226 e. The van der Waals surface area contributed by atoms with Gasteiger partial charge in [0.05, 0.1) is 5.69 Å². The number of hydrogen-bond donors (Lipinski definition) is 2. The molecule has 0 unspecified atom stereocenters. The smallest absolute Gasteiger partial charge is 0.226 e. The Morgan fingerprint density at radius 2 is 1.74 bits per heavy atom. The van der Waals surface area contributed by atoms with Crippen molar-refractivity contribution >= 4 is 23.0 Å². The molecule has 1 fully saturated rings. The third-order valence-electron chi connectivity index (χ3n) is 4.62. The summed E-state index contributed by atoms with van der Waals surface area (Å²) < 4.78 is 26.4. The average Bonchev–Trinajstić information content (AvgIpc) is 2.65. The van der Waals surface area contributed by atoms with Gasteiger partial charge in [-0.25, -0.2) is 8.78 Å².